The van der Waals surface area contributed by atoms with E-state index in [9.17, 15) is 9.59 Å². The molecular formula is C13H20N2O3. The number of H-pyrrole nitrogens is 1. The lowest BCUT2D eigenvalue weighted by Gasteiger charge is -2.24. The van der Waals surface area contributed by atoms with Crippen molar-refractivity contribution in [2.24, 2.45) is 5.92 Å². The van der Waals surface area contributed by atoms with Crippen molar-refractivity contribution >= 4 is 11.9 Å². The fraction of sp³-hybridized carbons (Fsp3) is 0.538. The van der Waals surface area contributed by atoms with Crippen LogP contribution < -0.4 is 0 Å². The average molecular weight is 252 g/mol. The molecule has 0 fully saturated rings. The zero-order valence-electron chi connectivity index (χ0n) is 11.1. The number of nitrogens with one attached hydrogen (secondary N) is 1. The summed E-state index contributed by atoms with van der Waals surface area (Å²) in [4.78, 5) is 27.4. The Morgan fingerprint density at radius 3 is 2.50 bits per heavy atom. The highest BCUT2D eigenvalue weighted by Crippen LogP contribution is 2.12. The van der Waals surface area contributed by atoms with Crippen LogP contribution >= 0.6 is 0 Å². The van der Waals surface area contributed by atoms with E-state index in [2.05, 4.69) is 4.98 Å². The third-order valence-electron chi connectivity index (χ3n) is 2.65. The predicted octanol–water partition coefficient (Wildman–Crippen LogP) is 1.90. The molecule has 0 aliphatic carbocycles. The summed E-state index contributed by atoms with van der Waals surface area (Å²) in [6.07, 6.45) is 3.39. The lowest BCUT2D eigenvalue weighted by atomic mass is 10.1. The average Bonchev–Trinajstić information content (AvgIpc) is 2.69. The van der Waals surface area contributed by atoms with Gasteiger partial charge in [0.15, 0.2) is 0 Å². The van der Waals surface area contributed by atoms with Gasteiger partial charge in [0.2, 0.25) is 0 Å². The van der Waals surface area contributed by atoms with Crippen LogP contribution in [0.4, 0.5) is 0 Å². The summed E-state index contributed by atoms with van der Waals surface area (Å²) in [6, 6.07) is 0. The molecule has 0 atom stereocenters. The molecule has 0 aliphatic heterocycles. The highest BCUT2D eigenvalue weighted by molar-refractivity contribution is 5.95. The van der Waals surface area contributed by atoms with E-state index in [0.717, 1.165) is 5.56 Å². The third-order valence-corrected chi connectivity index (χ3v) is 2.65. The van der Waals surface area contributed by atoms with E-state index in [-0.39, 0.29) is 18.9 Å². The van der Waals surface area contributed by atoms with Gasteiger partial charge in [-0.2, -0.15) is 0 Å². The van der Waals surface area contributed by atoms with Gasteiger partial charge < -0.3 is 15.0 Å². The Bertz CT molecular complexity index is 424. The number of carboxylic acids is 1. The number of aromatic nitrogens is 1. The number of carbonyl (C=O) groups excluding carboxylic acids is 1. The molecule has 0 spiro atoms. The number of hydrogen-bond donors (Lipinski definition) is 2. The van der Waals surface area contributed by atoms with Crippen LogP contribution in [-0.4, -0.2) is 40.0 Å². The molecule has 2 N–H and O–H groups in total. The lowest BCUT2D eigenvalue weighted by Crippen LogP contribution is -2.36. The number of rotatable bonds is 6. The zero-order chi connectivity index (χ0) is 13.7. The monoisotopic (exact) mass is 252 g/mol. The summed E-state index contributed by atoms with van der Waals surface area (Å²) < 4.78 is 0. The molecule has 5 heteroatoms. The third kappa shape index (κ3) is 3.91. The Morgan fingerprint density at radius 1 is 1.39 bits per heavy atom. The van der Waals surface area contributed by atoms with Crippen LogP contribution in [0.25, 0.3) is 0 Å². The molecule has 0 saturated heterocycles. The Labute approximate surface area is 107 Å². The maximum absolute atomic E-state index is 12.3. The minimum absolute atomic E-state index is 0.0259. The topological polar surface area (TPSA) is 73.4 Å². The van der Waals surface area contributed by atoms with Crippen molar-refractivity contribution < 1.29 is 14.7 Å². The molecular weight excluding hydrogens is 232 g/mol. The Balaban J connectivity index is 2.78. The number of aliphatic carboxylic acids is 1. The molecule has 0 radical (unpaired) electrons. The molecule has 0 aromatic carbocycles. The minimum Gasteiger partial charge on any atom is -0.481 e. The molecule has 18 heavy (non-hydrogen) atoms. The van der Waals surface area contributed by atoms with Crippen molar-refractivity contribution in [1.29, 1.82) is 0 Å². The second-order valence-corrected chi connectivity index (χ2v) is 4.84. The van der Waals surface area contributed by atoms with E-state index in [1.54, 1.807) is 17.3 Å². The number of amides is 1. The molecule has 1 aromatic rings. The number of hydrogen-bond acceptors (Lipinski definition) is 2. The first kappa shape index (κ1) is 14.3. The van der Waals surface area contributed by atoms with Crippen LogP contribution in [0.1, 0.15) is 36.2 Å². The first-order valence-corrected chi connectivity index (χ1v) is 6.06. The largest absolute Gasteiger partial charge is 0.481 e. The highest BCUT2D eigenvalue weighted by atomic mass is 16.4. The number of carbonyl (C=O) groups is 2. The van der Waals surface area contributed by atoms with Crippen LogP contribution in [0.3, 0.4) is 0 Å². The van der Waals surface area contributed by atoms with Crippen molar-refractivity contribution in [3.05, 3.63) is 23.5 Å². The van der Waals surface area contributed by atoms with Crippen molar-refractivity contribution in [1.82, 2.24) is 9.88 Å². The quantitative estimate of drug-likeness (QED) is 0.812. The fourth-order valence-electron chi connectivity index (χ4n) is 1.79. The van der Waals surface area contributed by atoms with Gasteiger partial charge in [-0.05, 0) is 18.4 Å². The summed E-state index contributed by atoms with van der Waals surface area (Å²) in [5.41, 5.74) is 1.49. The Kier molecular flexibility index (Phi) is 4.95. The van der Waals surface area contributed by atoms with Crippen LogP contribution in [0.2, 0.25) is 0 Å². The molecule has 0 saturated carbocycles. The first-order valence-electron chi connectivity index (χ1n) is 6.06. The van der Waals surface area contributed by atoms with Crippen molar-refractivity contribution in [3.8, 4) is 0 Å². The Hall–Kier alpha value is -1.78. The van der Waals surface area contributed by atoms with Gasteiger partial charge in [-0.15, -0.1) is 0 Å². The molecule has 5 nitrogen and oxygen atoms in total. The predicted molar refractivity (Wildman–Crippen MR) is 68.5 cm³/mol. The molecule has 1 aromatic heterocycles. The van der Waals surface area contributed by atoms with Gasteiger partial charge in [0.25, 0.3) is 5.91 Å². The first-order chi connectivity index (χ1) is 8.41. The van der Waals surface area contributed by atoms with E-state index in [4.69, 9.17) is 5.11 Å². The van der Waals surface area contributed by atoms with E-state index >= 15 is 0 Å². The van der Waals surface area contributed by atoms with Crippen molar-refractivity contribution in [2.45, 2.75) is 27.2 Å². The zero-order valence-corrected chi connectivity index (χ0v) is 11.1. The summed E-state index contributed by atoms with van der Waals surface area (Å²) in [7, 11) is 0. The molecule has 0 aliphatic rings. The number of carboxylic acid groups (broad SMARTS) is 1. The lowest BCUT2D eigenvalue weighted by molar-refractivity contribution is -0.137. The van der Waals surface area contributed by atoms with Crippen LogP contribution in [-0.2, 0) is 4.79 Å². The standard InChI is InChI=1S/C13H20N2O3/c1-9(2)8-15(5-4-12(16)17)13(18)11-7-14-6-10(11)3/h6-7,9,14H,4-5,8H2,1-3H3,(H,16,17). The number of nitrogens with zero attached hydrogens (tertiary/aromatic N) is 1. The molecule has 1 amide bonds. The summed E-state index contributed by atoms with van der Waals surface area (Å²) in [6.45, 7) is 6.68. The smallest absolute Gasteiger partial charge is 0.305 e. The van der Waals surface area contributed by atoms with Gasteiger partial charge in [-0.1, -0.05) is 13.8 Å². The minimum atomic E-state index is -0.887. The van der Waals surface area contributed by atoms with E-state index in [1.165, 1.54) is 0 Å². The summed E-state index contributed by atoms with van der Waals surface area (Å²) in [5, 5.41) is 8.72. The second kappa shape index (κ2) is 6.23. The van der Waals surface area contributed by atoms with Gasteiger partial charge in [0, 0.05) is 25.5 Å². The molecule has 0 unspecified atom stereocenters. The maximum Gasteiger partial charge on any atom is 0.305 e. The molecule has 1 heterocycles. The Morgan fingerprint density at radius 2 is 2.06 bits per heavy atom. The van der Waals surface area contributed by atoms with Gasteiger partial charge in [-0.25, -0.2) is 0 Å². The van der Waals surface area contributed by atoms with Gasteiger partial charge in [0.05, 0.1) is 12.0 Å². The SMILES string of the molecule is Cc1c[nH]cc1C(=O)N(CCC(=O)O)CC(C)C. The van der Waals surface area contributed by atoms with Crippen LogP contribution in [0.5, 0.6) is 0 Å². The van der Waals surface area contributed by atoms with Crippen LogP contribution in [0.15, 0.2) is 12.4 Å². The van der Waals surface area contributed by atoms with Crippen LogP contribution in [0, 0.1) is 12.8 Å². The molecule has 100 valence electrons. The van der Waals surface area contributed by atoms with E-state index in [0.29, 0.717) is 18.0 Å². The van der Waals surface area contributed by atoms with Crippen molar-refractivity contribution in [2.75, 3.05) is 13.1 Å². The summed E-state index contributed by atoms with van der Waals surface area (Å²) >= 11 is 0. The normalized spacial score (nSPS) is 10.7. The van der Waals surface area contributed by atoms with Crippen molar-refractivity contribution in [3.63, 3.8) is 0 Å². The number of aromatic amines is 1. The molecule has 0 bridgehead atoms. The van der Waals surface area contributed by atoms with Gasteiger partial charge >= 0.3 is 5.97 Å². The molecule has 1 rings (SSSR count). The maximum atomic E-state index is 12.3. The second-order valence-electron chi connectivity index (χ2n) is 4.84. The van der Waals surface area contributed by atoms with E-state index < -0.39 is 5.97 Å². The van der Waals surface area contributed by atoms with Gasteiger partial charge in [0.1, 0.15) is 0 Å². The fourth-order valence-corrected chi connectivity index (χ4v) is 1.79. The van der Waals surface area contributed by atoms with E-state index in [1.807, 2.05) is 20.8 Å². The highest BCUT2D eigenvalue weighted by Gasteiger charge is 2.19. The number of aryl methyl sites for hydroxylation is 1. The summed E-state index contributed by atoms with van der Waals surface area (Å²) in [5.74, 6) is -0.687. The van der Waals surface area contributed by atoms with Gasteiger partial charge in [-0.3, -0.25) is 9.59 Å².